The Bertz CT molecular complexity index is 630. The van der Waals surface area contributed by atoms with Gasteiger partial charge in [-0.15, -0.1) is 0 Å². The van der Waals surface area contributed by atoms with Crippen LogP contribution >= 0.6 is 11.8 Å². The summed E-state index contributed by atoms with van der Waals surface area (Å²) >= 11 is 2.09. The second-order valence-electron chi connectivity index (χ2n) is 6.50. The van der Waals surface area contributed by atoms with Gasteiger partial charge >= 0.3 is 0 Å². The number of hydrogen-bond acceptors (Lipinski definition) is 4. The number of fused-ring (bicyclic) bond motifs is 1. The Labute approximate surface area is 135 Å². The monoisotopic (exact) mass is 317 g/mol. The maximum absolute atomic E-state index is 5.54. The highest BCUT2D eigenvalue weighted by atomic mass is 32.2. The van der Waals surface area contributed by atoms with Crippen molar-refractivity contribution in [3.05, 3.63) is 24.2 Å². The minimum absolute atomic E-state index is 0.622. The van der Waals surface area contributed by atoms with Crippen molar-refractivity contribution in [3.63, 3.8) is 0 Å². The van der Waals surface area contributed by atoms with Gasteiger partial charge in [-0.25, -0.2) is 9.97 Å². The third-order valence-corrected chi connectivity index (χ3v) is 6.06. The van der Waals surface area contributed by atoms with Crippen molar-refractivity contribution in [3.8, 4) is 0 Å². The predicted molar refractivity (Wildman–Crippen MR) is 90.2 cm³/mol. The first kappa shape index (κ1) is 14.5. The van der Waals surface area contributed by atoms with Crippen LogP contribution in [0, 0.1) is 11.8 Å². The number of aromatic nitrogens is 3. The van der Waals surface area contributed by atoms with Gasteiger partial charge in [-0.05, 0) is 54.7 Å². The van der Waals surface area contributed by atoms with Crippen LogP contribution in [0.1, 0.15) is 25.1 Å². The molecule has 0 aliphatic carbocycles. The van der Waals surface area contributed by atoms with Crippen molar-refractivity contribution in [2.45, 2.75) is 32.2 Å². The van der Waals surface area contributed by atoms with E-state index in [9.17, 15) is 0 Å². The Morgan fingerprint density at radius 3 is 3.14 bits per heavy atom. The molecule has 0 bridgehead atoms. The van der Waals surface area contributed by atoms with Crippen LogP contribution in [0.3, 0.4) is 0 Å². The van der Waals surface area contributed by atoms with Crippen LogP contribution in [0.2, 0.25) is 0 Å². The standard InChI is InChI=1S/C17H23N3OS/c1-4-15-17(18-6-1)20(10-14-3-2-8-22-12-14)16(19-15)9-13-5-7-21-11-13/h1,4,6,13-14H,2-3,5,7-12H2. The summed E-state index contributed by atoms with van der Waals surface area (Å²) in [5, 5.41) is 0. The molecule has 5 heteroatoms. The molecule has 2 atom stereocenters. The van der Waals surface area contributed by atoms with Crippen molar-refractivity contribution in [1.82, 2.24) is 14.5 Å². The van der Waals surface area contributed by atoms with Gasteiger partial charge in [0.1, 0.15) is 11.3 Å². The number of thioether (sulfide) groups is 1. The van der Waals surface area contributed by atoms with Gasteiger partial charge in [0.2, 0.25) is 0 Å². The van der Waals surface area contributed by atoms with Crippen LogP contribution in [0.15, 0.2) is 18.3 Å². The number of ether oxygens (including phenoxy) is 1. The minimum Gasteiger partial charge on any atom is -0.381 e. The van der Waals surface area contributed by atoms with Crippen LogP contribution in [-0.2, 0) is 17.7 Å². The highest BCUT2D eigenvalue weighted by Gasteiger charge is 2.23. The molecule has 118 valence electrons. The minimum atomic E-state index is 0.622. The van der Waals surface area contributed by atoms with E-state index in [1.807, 2.05) is 12.3 Å². The molecular weight excluding hydrogens is 294 g/mol. The molecule has 2 aromatic rings. The summed E-state index contributed by atoms with van der Waals surface area (Å²) in [5.41, 5.74) is 2.10. The summed E-state index contributed by atoms with van der Waals surface area (Å²) in [5.74, 6) is 5.19. The molecule has 2 saturated heterocycles. The summed E-state index contributed by atoms with van der Waals surface area (Å²) in [7, 11) is 0. The zero-order valence-electron chi connectivity index (χ0n) is 12.9. The lowest BCUT2D eigenvalue weighted by atomic mass is 10.0. The van der Waals surface area contributed by atoms with E-state index in [-0.39, 0.29) is 0 Å². The topological polar surface area (TPSA) is 39.9 Å². The van der Waals surface area contributed by atoms with E-state index in [0.717, 1.165) is 49.7 Å². The molecule has 4 rings (SSSR count). The van der Waals surface area contributed by atoms with E-state index >= 15 is 0 Å². The second-order valence-corrected chi connectivity index (χ2v) is 7.65. The molecular formula is C17H23N3OS. The average molecular weight is 317 g/mol. The molecule has 4 heterocycles. The molecule has 2 aliphatic heterocycles. The Kier molecular flexibility index (Phi) is 4.35. The number of rotatable bonds is 4. The first-order valence-corrected chi connectivity index (χ1v) is 9.51. The first-order chi connectivity index (χ1) is 10.9. The Hall–Kier alpha value is -1.07. The van der Waals surface area contributed by atoms with E-state index in [1.165, 1.54) is 30.2 Å². The fraction of sp³-hybridized carbons (Fsp3) is 0.647. The lowest BCUT2D eigenvalue weighted by Gasteiger charge is -2.23. The molecule has 0 aromatic carbocycles. The number of imidazole rings is 1. The second kappa shape index (κ2) is 6.59. The molecule has 0 N–H and O–H groups in total. The molecule has 22 heavy (non-hydrogen) atoms. The molecule has 0 saturated carbocycles. The summed E-state index contributed by atoms with van der Waals surface area (Å²) in [6.45, 7) is 2.86. The van der Waals surface area contributed by atoms with Crippen LogP contribution in [0.5, 0.6) is 0 Å². The molecule has 2 aliphatic rings. The molecule has 2 aromatic heterocycles. The Balaban J connectivity index is 1.63. The van der Waals surface area contributed by atoms with Crippen molar-refractivity contribution in [2.24, 2.45) is 11.8 Å². The maximum atomic E-state index is 5.54. The molecule has 0 amide bonds. The van der Waals surface area contributed by atoms with Gasteiger partial charge in [0.15, 0.2) is 5.65 Å². The largest absolute Gasteiger partial charge is 0.381 e. The lowest BCUT2D eigenvalue weighted by molar-refractivity contribution is 0.185. The molecule has 0 spiro atoms. The quantitative estimate of drug-likeness (QED) is 0.868. The van der Waals surface area contributed by atoms with Gasteiger partial charge in [-0.1, -0.05) is 0 Å². The highest BCUT2D eigenvalue weighted by Crippen LogP contribution is 2.27. The van der Waals surface area contributed by atoms with Gasteiger partial charge in [0.05, 0.1) is 0 Å². The van der Waals surface area contributed by atoms with Crippen molar-refractivity contribution >= 4 is 22.9 Å². The molecule has 2 fully saturated rings. The summed E-state index contributed by atoms with van der Waals surface area (Å²) in [4.78, 5) is 9.48. The van der Waals surface area contributed by atoms with E-state index in [0.29, 0.717) is 5.92 Å². The summed E-state index contributed by atoms with van der Waals surface area (Å²) in [6.07, 6.45) is 6.76. The normalized spacial score (nSPS) is 25.8. The fourth-order valence-electron chi connectivity index (χ4n) is 3.57. The molecule has 4 nitrogen and oxygen atoms in total. The van der Waals surface area contributed by atoms with Crippen molar-refractivity contribution < 1.29 is 4.74 Å². The predicted octanol–water partition coefficient (Wildman–Crippen LogP) is 3.15. The summed E-state index contributed by atoms with van der Waals surface area (Å²) < 4.78 is 7.93. The third-order valence-electron chi connectivity index (χ3n) is 4.77. The van der Waals surface area contributed by atoms with Crippen LogP contribution in [-0.4, -0.2) is 39.3 Å². The Morgan fingerprint density at radius 2 is 2.32 bits per heavy atom. The van der Waals surface area contributed by atoms with Crippen LogP contribution < -0.4 is 0 Å². The highest BCUT2D eigenvalue weighted by molar-refractivity contribution is 7.99. The zero-order chi connectivity index (χ0) is 14.8. The van der Waals surface area contributed by atoms with E-state index in [2.05, 4.69) is 27.4 Å². The van der Waals surface area contributed by atoms with E-state index < -0.39 is 0 Å². The summed E-state index contributed by atoms with van der Waals surface area (Å²) in [6, 6.07) is 4.07. The third kappa shape index (κ3) is 3.01. The number of hydrogen-bond donors (Lipinski definition) is 0. The van der Waals surface area contributed by atoms with Crippen molar-refractivity contribution in [2.75, 3.05) is 24.7 Å². The van der Waals surface area contributed by atoms with Gasteiger partial charge < -0.3 is 9.30 Å². The molecule has 0 radical (unpaired) electrons. The fourth-order valence-corrected chi connectivity index (χ4v) is 4.71. The van der Waals surface area contributed by atoms with Gasteiger partial charge in [0.25, 0.3) is 0 Å². The first-order valence-electron chi connectivity index (χ1n) is 8.36. The van der Waals surface area contributed by atoms with E-state index in [4.69, 9.17) is 9.72 Å². The molecule has 2 unspecified atom stereocenters. The zero-order valence-corrected chi connectivity index (χ0v) is 13.7. The van der Waals surface area contributed by atoms with Crippen molar-refractivity contribution in [1.29, 1.82) is 0 Å². The van der Waals surface area contributed by atoms with Crippen LogP contribution in [0.25, 0.3) is 11.2 Å². The Morgan fingerprint density at radius 1 is 1.32 bits per heavy atom. The number of nitrogens with zero attached hydrogens (tertiary/aromatic N) is 3. The van der Waals surface area contributed by atoms with Gasteiger partial charge in [-0.3, -0.25) is 0 Å². The number of pyridine rings is 1. The van der Waals surface area contributed by atoms with Gasteiger partial charge in [-0.2, -0.15) is 11.8 Å². The maximum Gasteiger partial charge on any atom is 0.159 e. The van der Waals surface area contributed by atoms with E-state index in [1.54, 1.807) is 0 Å². The smallest absolute Gasteiger partial charge is 0.159 e. The SMILES string of the molecule is c1cnc2c(c1)nc(CC1CCOC1)n2CC1CCCSC1. The van der Waals surface area contributed by atoms with Crippen LogP contribution in [0.4, 0.5) is 0 Å². The van der Waals surface area contributed by atoms with Gasteiger partial charge in [0, 0.05) is 32.4 Å². The average Bonchev–Trinajstić information content (AvgIpc) is 3.18. The lowest BCUT2D eigenvalue weighted by Crippen LogP contribution is -2.20.